The topological polar surface area (TPSA) is 115 Å². The van der Waals surface area contributed by atoms with Crippen LogP contribution in [0.2, 0.25) is 0 Å². The van der Waals surface area contributed by atoms with E-state index >= 15 is 0 Å². The first-order valence-corrected chi connectivity index (χ1v) is 13.4. The molecule has 0 aliphatic heterocycles. The van der Waals surface area contributed by atoms with E-state index in [-0.39, 0.29) is 10.6 Å². The van der Waals surface area contributed by atoms with Gasteiger partial charge in [0.05, 0.1) is 4.90 Å². The van der Waals surface area contributed by atoms with Gasteiger partial charge in [0.15, 0.2) is 20.4 Å². The summed E-state index contributed by atoms with van der Waals surface area (Å²) in [6.07, 6.45) is 0. The van der Waals surface area contributed by atoms with Crippen LogP contribution in [-0.2, 0) is 19.4 Å². The summed E-state index contributed by atoms with van der Waals surface area (Å²) in [5, 5.41) is 14.9. The molecule has 0 saturated heterocycles. The number of fused-ring (bicyclic) bond motifs is 2. The molecular weight excluding hydrogens is 486 g/mol. The largest absolute Gasteiger partial charge is 0.411 e. The monoisotopic (exact) mass is 513 g/mol. The number of aryl methyl sites for hydroxylation is 1. The highest BCUT2D eigenvalue weighted by atomic mass is 32.2. The highest BCUT2D eigenvalue weighted by Gasteiger charge is 2.56. The van der Waals surface area contributed by atoms with E-state index in [9.17, 15) is 18.4 Å². The predicted octanol–water partition coefficient (Wildman–Crippen LogP) is 5.73. The second-order valence-corrected chi connectivity index (χ2v) is 11.5. The fourth-order valence-electron chi connectivity index (χ4n) is 5.24. The summed E-state index contributed by atoms with van der Waals surface area (Å²) < 4.78 is 28.0. The number of para-hydroxylation sites is 2. The molecule has 0 saturated carbocycles. The molecule has 8 heteroatoms. The third kappa shape index (κ3) is 3.76. The van der Waals surface area contributed by atoms with Crippen LogP contribution in [0, 0.1) is 12.8 Å². The SMILES string of the molecule is CC(=O)C(=NO)C(C)C(c1cc2ccccc2[nH]1)(c1cc2ccccc2[nH]1)S(=O)(=O)c1ccc(C)cc1. The first kappa shape index (κ1) is 24.5. The van der Waals surface area contributed by atoms with Gasteiger partial charge in [0.1, 0.15) is 5.71 Å². The molecule has 0 amide bonds. The maximum absolute atomic E-state index is 14.9. The quantitative estimate of drug-likeness (QED) is 0.146. The van der Waals surface area contributed by atoms with Crippen LogP contribution in [0.4, 0.5) is 0 Å². The van der Waals surface area contributed by atoms with Crippen molar-refractivity contribution in [2.24, 2.45) is 11.1 Å². The Morgan fingerprint density at radius 3 is 1.78 bits per heavy atom. The van der Waals surface area contributed by atoms with Gasteiger partial charge in [-0.05, 0) is 54.1 Å². The third-order valence-corrected chi connectivity index (χ3v) is 9.64. The first-order chi connectivity index (χ1) is 17.7. The number of aromatic nitrogens is 2. The summed E-state index contributed by atoms with van der Waals surface area (Å²) in [6.45, 7) is 4.76. The molecule has 1 atom stereocenters. The van der Waals surface area contributed by atoms with Crippen molar-refractivity contribution in [1.82, 2.24) is 9.97 Å². The zero-order valence-electron chi connectivity index (χ0n) is 20.7. The van der Waals surface area contributed by atoms with Crippen LogP contribution >= 0.6 is 0 Å². The minimum absolute atomic E-state index is 0.0862. The Hall–Kier alpha value is -4.17. The summed E-state index contributed by atoms with van der Waals surface area (Å²) in [5.74, 6) is -1.60. The fourth-order valence-corrected chi connectivity index (χ4v) is 7.48. The molecule has 0 aliphatic rings. The summed E-state index contributed by atoms with van der Waals surface area (Å²) in [6, 6.07) is 25.2. The van der Waals surface area contributed by atoms with Crippen molar-refractivity contribution in [1.29, 1.82) is 0 Å². The number of nitrogens with zero attached hydrogens (tertiary/aromatic N) is 1. The van der Waals surface area contributed by atoms with E-state index < -0.39 is 26.3 Å². The number of rotatable bonds is 7. The summed E-state index contributed by atoms with van der Waals surface area (Å²) in [7, 11) is -4.28. The van der Waals surface area contributed by atoms with E-state index in [4.69, 9.17) is 0 Å². The minimum atomic E-state index is -4.28. The minimum Gasteiger partial charge on any atom is -0.411 e. The molecule has 0 aliphatic carbocycles. The van der Waals surface area contributed by atoms with Gasteiger partial charge < -0.3 is 15.2 Å². The maximum atomic E-state index is 14.9. The maximum Gasteiger partial charge on any atom is 0.196 e. The van der Waals surface area contributed by atoms with Crippen molar-refractivity contribution in [2.75, 3.05) is 0 Å². The second-order valence-electron chi connectivity index (χ2n) is 9.36. The fraction of sp³-hybridized carbons (Fsp3) is 0.172. The van der Waals surface area contributed by atoms with Gasteiger partial charge in [-0.1, -0.05) is 66.2 Å². The van der Waals surface area contributed by atoms with Gasteiger partial charge in [0.25, 0.3) is 0 Å². The molecule has 2 heterocycles. The second kappa shape index (κ2) is 9.05. The van der Waals surface area contributed by atoms with Crippen LogP contribution in [0.1, 0.15) is 30.8 Å². The Morgan fingerprint density at radius 1 is 0.865 bits per heavy atom. The van der Waals surface area contributed by atoms with E-state index in [1.807, 2.05) is 55.5 Å². The van der Waals surface area contributed by atoms with Crippen molar-refractivity contribution < 1.29 is 18.4 Å². The summed E-state index contributed by atoms with van der Waals surface area (Å²) in [5.41, 5.74) is 2.87. The van der Waals surface area contributed by atoms with Gasteiger partial charge >= 0.3 is 0 Å². The highest BCUT2D eigenvalue weighted by molar-refractivity contribution is 7.92. The third-order valence-electron chi connectivity index (χ3n) is 7.10. The predicted molar refractivity (Wildman–Crippen MR) is 145 cm³/mol. The van der Waals surface area contributed by atoms with Gasteiger partial charge in [-0.2, -0.15) is 0 Å². The Balaban J connectivity index is 1.96. The average molecular weight is 514 g/mol. The lowest BCUT2D eigenvalue weighted by atomic mass is 9.82. The lowest BCUT2D eigenvalue weighted by molar-refractivity contribution is -0.111. The molecule has 3 N–H and O–H groups in total. The van der Waals surface area contributed by atoms with Gasteiger partial charge in [0.2, 0.25) is 0 Å². The van der Waals surface area contributed by atoms with Crippen molar-refractivity contribution in [3.8, 4) is 0 Å². The number of carbonyl (C=O) groups excluding carboxylic acids is 1. The van der Waals surface area contributed by atoms with Crippen LogP contribution in [0.25, 0.3) is 21.8 Å². The van der Waals surface area contributed by atoms with Crippen molar-refractivity contribution >= 4 is 43.1 Å². The van der Waals surface area contributed by atoms with Crippen LogP contribution in [0.15, 0.2) is 95.0 Å². The van der Waals surface area contributed by atoms with Gasteiger partial charge in [0, 0.05) is 35.3 Å². The molecule has 1 unspecified atom stereocenters. The number of aromatic amines is 2. The van der Waals surface area contributed by atoms with Crippen LogP contribution in [-0.4, -0.2) is 35.1 Å². The number of H-pyrrole nitrogens is 2. The van der Waals surface area contributed by atoms with Gasteiger partial charge in [-0.15, -0.1) is 0 Å². The normalized spacial score (nSPS) is 13.8. The van der Waals surface area contributed by atoms with E-state index in [1.54, 1.807) is 43.3 Å². The number of benzene rings is 3. The van der Waals surface area contributed by atoms with Crippen LogP contribution < -0.4 is 0 Å². The van der Waals surface area contributed by atoms with Crippen LogP contribution in [0.3, 0.4) is 0 Å². The molecule has 0 spiro atoms. The van der Waals surface area contributed by atoms with E-state index in [2.05, 4.69) is 15.1 Å². The summed E-state index contributed by atoms with van der Waals surface area (Å²) >= 11 is 0. The van der Waals surface area contributed by atoms with Crippen molar-refractivity contribution in [3.63, 3.8) is 0 Å². The molecule has 188 valence electrons. The van der Waals surface area contributed by atoms with E-state index in [0.29, 0.717) is 11.4 Å². The zero-order chi connectivity index (χ0) is 26.4. The lowest BCUT2D eigenvalue weighted by Gasteiger charge is -2.37. The zero-order valence-corrected chi connectivity index (χ0v) is 21.5. The number of nitrogens with one attached hydrogen (secondary N) is 2. The molecule has 3 aromatic carbocycles. The summed E-state index contributed by atoms with van der Waals surface area (Å²) in [4.78, 5) is 19.4. The first-order valence-electron chi connectivity index (χ1n) is 11.9. The molecule has 5 rings (SSSR count). The van der Waals surface area contributed by atoms with E-state index in [0.717, 1.165) is 27.4 Å². The average Bonchev–Trinajstić information content (AvgIpc) is 3.49. The number of carbonyl (C=O) groups is 1. The Kier molecular flexibility index (Phi) is 6.00. The Labute approximate surface area is 214 Å². The molecule has 7 nitrogen and oxygen atoms in total. The van der Waals surface area contributed by atoms with Crippen LogP contribution in [0.5, 0.6) is 0 Å². The molecule has 0 bridgehead atoms. The smallest absolute Gasteiger partial charge is 0.196 e. The Morgan fingerprint density at radius 2 is 1.35 bits per heavy atom. The van der Waals surface area contributed by atoms with Crippen molar-refractivity contribution in [2.45, 2.75) is 30.4 Å². The molecule has 37 heavy (non-hydrogen) atoms. The van der Waals surface area contributed by atoms with E-state index in [1.165, 1.54) is 6.92 Å². The molecule has 0 radical (unpaired) electrons. The molecule has 2 aromatic heterocycles. The molecule has 5 aromatic rings. The van der Waals surface area contributed by atoms with Gasteiger partial charge in [-0.3, -0.25) is 4.79 Å². The number of Topliss-reactive ketones (excluding diaryl/α,β-unsaturated/α-hetero) is 1. The standard InChI is InChI=1S/C29H27N3O4S/c1-18-12-14-23(15-13-18)37(35,36)29(19(2)28(32-34)20(3)33,26-16-21-8-4-6-10-24(21)30-26)27-17-22-9-5-7-11-25(22)31-27/h4-17,19,30-31,34H,1-3H3. The number of hydrogen-bond acceptors (Lipinski definition) is 5. The molecular formula is C29H27N3O4S. The number of sulfone groups is 1. The highest BCUT2D eigenvalue weighted by Crippen LogP contribution is 2.48. The number of hydrogen-bond donors (Lipinski definition) is 3. The Bertz CT molecular complexity index is 1620. The van der Waals surface area contributed by atoms with Gasteiger partial charge in [-0.25, -0.2) is 8.42 Å². The molecule has 0 fully saturated rings. The lowest BCUT2D eigenvalue weighted by Crippen LogP contribution is -2.48. The number of ketones is 1. The number of oxime groups is 1. The van der Waals surface area contributed by atoms with Crippen molar-refractivity contribution in [3.05, 3.63) is 102 Å².